The van der Waals surface area contributed by atoms with Crippen LogP contribution in [-0.4, -0.2) is 6.61 Å². The van der Waals surface area contributed by atoms with E-state index in [0.717, 1.165) is 11.3 Å². The molecule has 0 radical (unpaired) electrons. The number of ether oxygens (including phenoxy) is 1. The molecule has 0 aromatic heterocycles. The normalized spacial score (nSPS) is 18.2. The Kier molecular flexibility index (Phi) is 2.93. The van der Waals surface area contributed by atoms with Crippen molar-refractivity contribution in [3.05, 3.63) is 33.8 Å². The van der Waals surface area contributed by atoms with Gasteiger partial charge in [0, 0.05) is 17.0 Å². The summed E-state index contributed by atoms with van der Waals surface area (Å²) in [6.07, 6.45) is 2.21. The van der Waals surface area contributed by atoms with Crippen LogP contribution in [0.4, 0.5) is 0 Å². The van der Waals surface area contributed by atoms with Crippen LogP contribution < -0.4 is 4.74 Å². The molecule has 0 aliphatic carbocycles. The van der Waals surface area contributed by atoms with E-state index in [9.17, 15) is 0 Å². The molecule has 0 unspecified atom stereocenters. The van der Waals surface area contributed by atoms with Crippen molar-refractivity contribution in [2.24, 2.45) is 5.41 Å². The van der Waals surface area contributed by atoms with Gasteiger partial charge in [-0.05, 0) is 18.6 Å². The molecule has 0 bridgehead atoms. The van der Waals surface area contributed by atoms with Crippen molar-refractivity contribution in [1.29, 1.82) is 0 Å². The zero-order valence-corrected chi connectivity index (χ0v) is 11.1. The first kappa shape index (κ1) is 11.8. The molecule has 0 saturated heterocycles. The highest BCUT2D eigenvalue weighted by atomic mass is 35.5. The Morgan fingerprint density at radius 1 is 1.19 bits per heavy atom. The molecule has 1 nitrogen and oxygen atoms in total. The van der Waals surface area contributed by atoms with Crippen molar-refractivity contribution in [2.45, 2.75) is 20.8 Å². The van der Waals surface area contributed by atoms with Crippen LogP contribution in [0.3, 0.4) is 0 Å². The molecule has 0 fully saturated rings. The number of benzene rings is 1. The van der Waals surface area contributed by atoms with Gasteiger partial charge < -0.3 is 4.74 Å². The molecule has 0 amide bonds. The van der Waals surface area contributed by atoms with Crippen LogP contribution in [0.25, 0.3) is 5.57 Å². The molecule has 0 atom stereocenters. The molecule has 86 valence electrons. The van der Waals surface area contributed by atoms with Gasteiger partial charge in [-0.3, -0.25) is 0 Å². The third-order valence-corrected chi connectivity index (χ3v) is 3.38. The third-order valence-electron chi connectivity index (χ3n) is 2.65. The van der Waals surface area contributed by atoms with Gasteiger partial charge in [0.25, 0.3) is 0 Å². The van der Waals surface area contributed by atoms with E-state index >= 15 is 0 Å². The minimum atomic E-state index is 0.0298. The van der Waals surface area contributed by atoms with Gasteiger partial charge in [0.1, 0.15) is 5.75 Å². The van der Waals surface area contributed by atoms with Gasteiger partial charge in [0.15, 0.2) is 0 Å². The largest absolute Gasteiger partial charge is 0.492 e. The van der Waals surface area contributed by atoms with E-state index in [1.165, 1.54) is 5.57 Å². The standard InChI is InChI=1S/C13H14Cl2O/c1-8-6-13(2,3)7-16-12-5-11(15)10(14)4-9(8)12/h4-6H,7H2,1-3H3. The summed E-state index contributed by atoms with van der Waals surface area (Å²) in [6, 6.07) is 3.66. The highest BCUT2D eigenvalue weighted by Crippen LogP contribution is 2.39. The van der Waals surface area contributed by atoms with Gasteiger partial charge in [0.2, 0.25) is 0 Å². The summed E-state index contributed by atoms with van der Waals surface area (Å²) < 4.78 is 5.77. The first-order valence-corrected chi connectivity index (χ1v) is 5.96. The molecule has 0 saturated carbocycles. The molecule has 1 aliphatic heterocycles. The number of halogens is 2. The maximum atomic E-state index is 6.02. The topological polar surface area (TPSA) is 9.23 Å². The van der Waals surface area contributed by atoms with Gasteiger partial charge in [-0.25, -0.2) is 0 Å². The zero-order chi connectivity index (χ0) is 11.9. The number of hydrogen-bond donors (Lipinski definition) is 0. The second kappa shape index (κ2) is 3.97. The highest BCUT2D eigenvalue weighted by Gasteiger charge is 2.22. The predicted molar refractivity (Wildman–Crippen MR) is 69.4 cm³/mol. The van der Waals surface area contributed by atoms with Crippen LogP contribution in [0.2, 0.25) is 10.0 Å². The van der Waals surface area contributed by atoms with E-state index < -0.39 is 0 Å². The average molecular weight is 257 g/mol. The monoisotopic (exact) mass is 256 g/mol. The summed E-state index contributed by atoms with van der Waals surface area (Å²) in [5, 5.41) is 1.10. The molecule has 1 heterocycles. The van der Waals surface area contributed by atoms with Gasteiger partial charge in [0.05, 0.1) is 16.7 Å². The molecule has 2 rings (SSSR count). The first-order chi connectivity index (χ1) is 7.39. The predicted octanol–water partition coefficient (Wildman–Crippen LogP) is 4.82. The van der Waals surface area contributed by atoms with Crippen LogP contribution >= 0.6 is 23.2 Å². The number of fused-ring (bicyclic) bond motifs is 1. The summed E-state index contributed by atoms with van der Waals surface area (Å²) >= 11 is 12.0. The maximum Gasteiger partial charge on any atom is 0.128 e. The Balaban J connectivity index is 2.57. The van der Waals surface area contributed by atoms with Crippen LogP contribution in [0.15, 0.2) is 18.2 Å². The minimum absolute atomic E-state index is 0.0298. The Labute approximate surface area is 106 Å². The van der Waals surface area contributed by atoms with Gasteiger partial charge >= 0.3 is 0 Å². The zero-order valence-electron chi connectivity index (χ0n) is 9.60. The lowest BCUT2D eigenvalue weighted by Crippen LogP contribution is -2.17. The molecule has 3 heteroatoms. The second-order valence-electron chi connectivity index (χ2n) is 4.87. The number of rotatable bonds is 0. The number of hydrogen-bond acceptors (Lipinski definition) is 1. The van der Waals surface area contributed by atoms with Gasteiger partial charge in [-0.1, -0.05) is 43.1 Å². The fraction of sp³-hybridized carbons (Fsp3) is 0.385. The first-order valence-electron chi connectivity index (χ1n) is 5.21. The molecule has 1 aromatic rings. The minimum Gasteiger partial charge on any atom is -0.492 e. The van der Waals surface area contributed by atoms with E-state index in [1.54, 1.807) is 6.07 Å². The summed E-state index contributed by atoms with van der Waals surface area (Å²) in [7, 11) is 0. The summed E-state index contributed by atoms with van der Waals surface area (Å²) in [4.78, 5) is 0. The molecular formula is C13H14Cl2O. The fourth-order valence-corrected chi connectivity index (χ4v) is 2.24. The molecule has 1 aliphatic rings. The number of allylic oxidation sites excluding steroid dienone is 1. The lowest BCUT2D eigenvalue weighted by molar-refractivity contribution is 0.225. The Morgan fingerprint density at radius 3 is 2.50 bits per heavy atom. The van der Waals surface area contributed by atoms with Crippen LogP contribution in [0, 0.1) is 5.41 Å². The molecule has 1 aromatic carbocycles. The van der Waals surface area contributed by atoms with Crippen molar-refractivity contribution in [3.63, 3.8) is 0 Å². The average Bonchev–Trinajstić information content (AvgIpc) is 2.27. The maximum absolute atomic E-state index is 6.02. The quantitative estimate of drug-likeness (QED) is 0.647. The van der Waals surface area contributed by atoms with Gasteiger partial charge in [-0.2, -0.15) is 0 Å². The second-order valence-corrected chi connectivity index (χ2v) is 5.68. The fourth-order valence-electron chi connectivity index (χ4n) is 1.93. The van der Waals surface area contributed by atoms with E-state index in [-0.39, 0.29) is 5.41 Å². The van der Waals surface area contributed by atoms with Gasteiger partial charge in [-0.15, -0.1) is 0 Å². The Bertz CT molecular complexity index is 461. The molecule has 16 heavy (non-hydrogen) atoms. The van der Waals surface area contributed by atoms with Crippen molar-refractivity contribution < 1.29 is 4.74 Å². The summed E-state index contributed by atoms with van der Waals surface area (Å²) in [5.74, 6) is 0.814. The van der Waals surface area contributed by atoms with E-state index in [4.69, 9.17) is 27.9 Å². The smallest absolute Gasteiger partial charge is 0.128 e. The van der Waals surface area contributed by atoms with E-state index in [0.29, 0.717) is 16.7 Å². The van der Waals surface area contributed by atoms with E-state index in [2.05, 4.69) is 26.8 Å². The van der Waals surface area contributed by atoms with Crippen molar-refractivity contribution in [2.75, 3.05) is 6.61 Å². The summed E-state index contributed by atoms with van der Waals surface area (Å²) in [6.45, 7) is 7.01. The highest BCUT2D eigenvalue weighted by molar-refractivity contribution is 6.42. The van der Waals surface area contributed by atoms with Crippen LogP contribution in [0.5, 0.6) is 5.75 Å². The summed E-state index contributed by atoms with van der Waals surface area (Å²) in [5.41, 5.74) is 2.23. The Hall–Kier alpha value is -0.660. The lowest BCUT2D eigenvalue weighted by Gasteiger charge is -2.18. The Morgan fingerprint density at radius 2 is 1.81 bits per heavy atom. The van der Waals surface area contributed by atoms with Crippen molar-refractivity contribution in [1.82, 2.24) is 0 Å². The molecule has 0 spiro atoms. The van der Waals surface area contributed by atoms with Crippen molar-refractivity contribution in [3.8, 4) is 5.75 Å². The van der Waals surface area contributed by atoms with Crippen LogP contribution in [0.1, 0.15) is 26.3 Å². The third kappa shape index (κ3) is 2.21. The van der Waals surface area contributed by atoms with Crippen molar-refractivity contribution >= 4 is 28.8 Å². The van der Waals surface area contributed by atoms with E-state index in [1.807, 2.05) is 6.07 Å². The van der Waals surface area contributed by atoms with Crippen LogP contribution in [-0.2, 0) is 0 Å². The SMILES string of the molecule is CC1=CC(C)(C)COc2cc(Cl)c(Cl)cc21. The lowest BCUT2D eigenvalue weighted by atomic mass is 9.91. The molecular weight excluding hydrogens is 243 g/mol. The molecule has 0 N–H and O–H groups in total.